The summed E-state index contributed by atoms with van der Waals surface area (Å²) in [7, 11) is 3.61. The third-order valence-electron chi connectivity index (χ3n) is 5.30. The lowest BCUT2D eigenvalue weighted by molar-refractivity contribution is -0.159. The maximum atomic E-state index is 12.7. The van der Waals surface area contributed by atoms with E-state index in [0.717, 1.165) is 38.2 Å². The molecule has 2 aromatic carbocycles. The summed E-state index contributed by atoms with van der Waals surface area (Å²) in [6.45, 7) is 3.53. The Labute approximate surface area is 188 Å². The van der Waals surface area contributed by atoms with Gasteiger partial charge >= 0.3 is 11.9 Å². The van der Waals surface area contributed by atoms with Gasteiger partial charge in [0.15, 0.2) is 0 Å². The van der Waals surface area contributed by atoms with Crippen LogP contribution in [0.3, 0.4) is 0 Å². The smallest absolute Gasteiger partial charge is 0.414 e. The first kappa shape index (κ1) is 24.9. The summed E-state index contributed by atoms with van der Waals surface area (Å²) in [4.78, 5) is 35.2. The fraction of sp³-hybridized carbons (Fsp3) is 0.375. The Morgan fingerprint density at radius 2 is 1.56 bits per heavy atom. The molecule has 0 unspecified atom stereocenters. The molecule has 0 aromatic heterocycles. The van der Waals surface area contributed by atoms with Gasteiger partial charge in [0.05, 0.1) is 7.11 Å². The standard InChI is InChI=1S/C22H28N2O2.C2H2O4/c1-23(16-18-7-4-3-5-8-18)22(25)20-11-13-24(14-12-20)17-19-9-6-10-21(15-19)26-2;3-1(4)2(5)6/h3-10,15,20H,11-14,16-17H2,1-2H3;(H,3,4)(H,5,6). The average Bonchev–Trinajstić information content (AvgIpc) is 2.80. The highest BCUT2D eigenvalue weighted by molar-refractivity contribution is 6.27. The second-order valence-corrected chi connectivity index (χ2v) is 7.69. The largest absolute Gasteiger partial charge is 0.497 e. The van der Waals surface area contributed by atoms with Crippen molar-refractivity contribution >= 4 is 17.8 Å². The summed E-state index contributed by atoms with van der Waals surface area (Å²) in [6.07, 6.45) is 1.86. The van der Waals surface area contributed by atoms with Crippen molar-refractivity contribution in [1.82, 2.24) is 9.80 Å². The molecule has 0 bridgehead atoms. The number of piperidine rings is 1. The van der Waals surface area contributed by atoms with Gasteiger partial charge in [-0.3, -0.25) is 9.69 Å². The monoisotopic (exact) mass is 442 g/mol. The fourth-order valence-corrected chi connectivity index (χ4v) is 3.61. The number of hydrogen-bond donors (Lipinski definition) is 2. The number of likely N-dealkylation sites (tertiary alicyclic amines) is 1. The third-order valence-corrected chi connectivity index (χ3v) is 5.30. The highest BCUT2D eigenvalue weighted by Crippen LogP contribution is 2.22. The maximum absolute atomic E-state index is 12.7. The van der Waals surface area contributed by atoms with E-state index >= 15 is 0 Å². The van der Waals surface area contributed by atoms with Crippen LogP contribution in [0.2, 0.25) is 0 Å². The first-order chi connectivity index (χ1) is 15.3. The molecule has 3 rings (SSSR count). The van der Waals surface area contributed by atoms with Crippen molar-refractivity contribution in [3.8, 4) is 5.75 Å². The minimum Gasteiger partial charge on any atom is -0.497 e. The number of benzene rings is 2. The minimum atomic E-state index is -1.82. The zero-order valence-electron chi connectivity index (χ0n) is 18.4. The van der Waals surface area contributed by atoms with Crippen LogP contribution in [0.4, 0.5) is 0 Å². The number of carbonyl (C=O) groups is 3. The van der Waals surface area contributed by atoms with Gasteiger partial charge in [0.25, 0.3) is 0 Å². The summed E-state index contributed by atoms with van der Waals surface area (Å²) in [5.74, 6) is -2.33. The Bertz CT molecular complexity index is 882. The number of methoxy groups -OCH3 is 1. The molecule has 1 aliphatic rings. The van der Waals surface area contributed by atoms with E-state index in [1.54, 1.807) is 7.11 Å². The van der Waals surface area contributed by atoms with Gasteiger partial charge in [-0.15, -0.1) is 0 Å². The summed E-state index contributed by atoms with van der Waals surface area (Å²) in [6, 6.07) is 18.4. The number of nitrogens with zero attached hydrogens (tertiary/aromatic N) is 2. The minimum absolute atomic E-state index is 0.144. The van der Waals surface area contributed by atoms with Crippen LogP contribution in [0.5, 0.6) is 5.75 Å². The topological polar surface area (TPSA) is 107 Å². The number of carbonyl (C=O) groups excluding carboxylic acids is 1. The number of ether oxygens (including phenoxy) is 1. The Morgan fingerprint density at radius 1 is 0.969 bits per heavy atom. The molecule has 8 nitrogen and oxygen atoms in total. The van der Waals surface area contributed by atoms with Crippen molar-refractivity contribution < 1.29 is 29.3 Å². The van der Waals surface area contributed by atoms with E-state index in [9.17, 15) is 4.79 Å². The second kappa shape index (κ2) is 12.5. The van der Waals surface area contributed by atoms with Gasteiger partial charge in [-0.25, -0.2) is 9.59 Å². The first-order valence-corrected chi connectivity index (χ1v) is 10.4. The number of carboxylic acids is 2. The molecule has 0 atom stereocenters. The molecule has 0 aliphatic carbocycles. The van der Waals surface area contributed by atoms with Crippen LogP contribution in [0.1, 0.15) is 24.0 Å². The molecule has 32 heavy (non-hydrogen) atoms. The summed E-state index contributed by atoms with van der Waals surface area (Å²) in [5, 5.41) is 14.8. The zero-order valence-corrected chi connectivity index (χ0v) is 18.4. The molecular weight excluding hydrogens is 412 g/mol. The van der Waals surface area contributed by atoms with Gasteiger partial charge in [0, 0.05) is 26.1 Å². The van der Waals surface area contributed by atoms with E-state index in [1.807, 2.05) is 42.3 Å². The highest BCUT2D eigenvalue weighted by atomic mass is 16.5. The van der Waals surface area contributed by atoms with E-state index < -0.39 is 11.9 Å². The molecule has 8 heteroatoms. The quantitative estimate of drug-likeness (QED) is 0.663. The number of carboxylic acid groups (broad SMARTS) is 2. The van der Waals surface area contributed by atoms with Gasteiger partial charge in [-0.05, 0) is 49.2 Å². The Morgan fingerprint density at radius 3 is 2.12 bits per heavy atom. The van der Waals surface area contributed by atoms with Gasteiger partial charge in [0.1, 0.15) is 5.75 Å². The maximum Gasteiger partial charge on any atom is 0.414 e. The third kappa shape index (κ3) is 8.03. The van der Waals surface area contributed by atoms with Gasteiger partial charge < -0.3 is 19.8 Å². The Balaban J connectivity index is 0.000000534. The SMILES string of the molecule is COc1cccc(CN2CCC(C(=O)N(C)Cc3ccccc3)CC2)c1.O=C(O)C(=O)O. The summed E-state index contributed by atoms with van der Waals surface area (Å²) < 4.78 is 5.30. The molecule has 2 N–H and O–H groups in total. The lowest BCUT2D eigenvalue weighted by atomic mass is 9.95. The Hall–Kier alpha value is -3.39. The van der Waals surface area contributed by atoms with Crippen molar-refractivity contribution in [1.29, 1.82) is 0 Å². The van der Waals surface area contributed by atoms with Crippen LogP contribution in [0.15, 0.2) is 54.6 Å². The predicted molar refractivity (Wildman–Crippen MR) is 119 cm³/mol. The van der Waals surface area contributed by atoms with Crippen LogP contribution in [-0.2, 0) is 27.5 Å². The van der Waals surface area contributed by atoms with Crippen LogP contribution in [0, 0.1) is 5.92 Å². The molecule has 1 heterocycles. The lowest BCUT2D eigenvalue weighted by Crippen LogP contribution is -2.40. The molecule has 1 fully saturated rings. The summed E-state index contributed by atoms with van der Waals surface area (Å²) in [5.41, 5.74) is 2.44. The molecule has 1 amide bonds. The van der Waals surface area contributed by atoms with E-state index in [1.165, 1.54) is 11.1 Å². The second-order valence-electron chi connectivity index (χ2n) is 7.69. The fourth-order valence-electron chi connectivity index (χ4n) is 3.61. The molecule has 0 radical (unpaired) electrons. The van der Waals surface area contributed by atoms with Crippen molar-refractivity contribution in [2.45, 2.75) is 25.9 Å². The van der Waals surface area contributed by atoms with Crippen LogP contribution >= 0.6 is 0 Å². The van der Waals surface area contributed by atoms with Crippen molar-refractivity contribution in [2.75, 3.05) is 27.2 Å². The number of amides is 1. The molecule has 172 valence electrons. The van der Waals surface area contributed by atoms with E-state index in [4.69, 9.17) is 24.5 Å². The first-order valence-electron chi connectivity index (χ1n) is 10.4. The van der Waals surface area contributed by atoms with Crippen molar-refractivity contribution in [3.05, 3.63) is 65.7 Å². The van der Waals surface area contributed by atoms with Crippen LogP contribution in [0.25, 0.3) is 0 Å². The predicted octanol–water partition coefficient (Wildman–Crippen LogP) is 2.72. The molecule has 1 aliphatic heterocycles. The van der Waals surface area contributed by atoms with E-state index in [2.05, 4.69) is 29.2 Å². The molecule has 0 saturated carbocycles. The van der Waals surface area contributed by atoms with Gasteiger partial charge in [0.2, 0.25) is 5.91 Å². The lowest BCUT2D eigenvalue weighted by Gasteiger charge is -2.33. The van der Waals surface area contributed by atoms with Gasteiger partial charge in [-0.2, -0.15) is 0 Å². The highest BCUT2D eigenvalue weighted by Gasteiger charge is 2.27. The van der Waals surface area contributed by atoms with E-state index in [0.29, 0.717) is 6.54 Å². The van der Waals surface area contributed by atoms with Crippen LogP contribution in [-0.4, -0.2) is 65.1 Å². The number of aliphatic carboxylic acids is 2. The summed E-state index contributed by atoms with van der Waals surface area (Å²) >= 11 is 0. The molecule has 2 aromatic rings. The van der Waals surface area contributed by atoms with E-state index in [-0.39, 0.29) is 11.8 Å². The Kier molecular flexibility index (Phi) is 9.69. The number of rotatable bonds is 6. The zero-order chi connectivity index (χ0) is 23.5. The van der Waals surface area contributed by atoms with Gasteiger partial charge in [-0.1, -0.05) is 42.5 Å². The van der Waals surface area contributed by atoms with Crippen molar-refractivity contribution in [3.63, 3.8) is 0 Å². The normalized spacial score (nSPS) is 14.1. The molecule has 0 spiro atoms. The van der Waals surface area contributed by atoms with Crippen molar-refractivity contribution in [2.24, 2.45) is 5.92 Å². The molecule has 1 saturated heterocycles. The average molecular weight is 443 g/mol. The number of hydrogen-bond acceptors (Lipinski definition) is 5. The van der Waals surface area contributed by atoms with Crippen LogP contribution < -0.4 is 4.74 Å². The molecular formula is C24H30N2O6.